The quantitative estimate of drug-likeness (QED) is 0.420. The van der Waals surface area contributed by atoms with Gasteiger partial charge in [-0.05, 0) is 62.6 Å². The zero-order valence-electron chi connectivity index (χ0n) is 25.4. The Kier molecular flexibility index (Phi) is 10.7. The first-order chi connectivity index (χ1) is 19.6. The van der Waals surface area contributed by atoms with Crippen LogP contribution in [0.5, 0.6) is 0 Å². The molecule has 218 valence electrons. The summed E-state index contributed by atoms with van der Waals surface area (Å²) < 4.78 is 16.6. The molecule has 41 heavy (non-hydrogen) atoms. The van der Waals surface area contributed by atoms with Crippen molar-refractivity contribution in [1.29, 1.82) is 0 Å². The van der Waals surface area contributed by atoms with Crippen LogP contribution in [0, 0.1) is 19.7 Å². The number of hydrogen-bond donors (Lipinski definition) is 1. The van der Waals surface area contributed by atoms with Crippen molar-refractivity contribution in [3.63, 3.8) is 0 Å². The van der Waals surface area contributed by atoms with Gasteiger partial charge >= 0.3 is 5.69 Å². The zero-order valence-corrected chi connectivity index (χ0v) is 25.4. The van der Waals surface area contributed by atoms with Crippen LogP contribution in [0.15, 0.2) is 53.1 Å². The normalized spacial score (nSPS) is 13.7. The summed E-state index contributed by atoms with van der Waals surface area (Å²) in [6.45, 7) is 12.0. The van der Waals surface area contributed by atoms with Crippen LogP contribution in [0.25, 0.3) is 17.3 Å². The van der Waals surface area contributed by atoms with E-state index in [0.29, 0.717) is 29.9 Å². The Morgan fingerprint density at radius 1 is 1.20 bits per heavy atom. The van der Waals surface area contributed by atoms with Crippen molar-refractivity contribution in [3.05, 3.63) is 92.6 Å². The van der Waals surface area contributed by atoms with Gasteiger partial charge in [0.05, 0.1) is 5.69 Å². The molecule has 3 heterocycles. The summed E-state index contributed by atoms with van der Waals surface area (Å²) >= 11 is 0. The molecule has 0 aliphatic carbocycles. The van der Waals surface area contributed by atoms with E-state index in [9.17, 15) is 9.59 Å². The second kappa shape index (κ2) is 14.0. The van der Waals surface area contributed by atoms with Crippen LogP contribution in [0.3, 0.4) is 0 Å². The molecular weight excluding hydrogens is 519 g/mol. The van der Waals surface area contributed by atoms with E-state index < -0.39 is 0 Å². The van der Waals surface area contributed by atoms with Crippen molar-refractivity contribution in [1.82, 2.24) is 24.3 Å². The number of carbonyl (C=O) groups excluding carboxylic acids is 1. The molecule has 0 unspecified atom stereocenters. The number of aryl methyl sites for hydroxylation is 2. The summed E-state index contributed by atoms with van der Waals surface area (Å²) in [6, 6.07) is 6.68. The first kappa shape index (κ1) is 31.4. The predicted octanol–water partition coefficient (Wildman–Crippen LogP) is 5.35. The number of aromatic nitrogens is 3. The molecule has 2 aromatic heterocycles. The fourth-order valence-corrected chi connectivity index (χ4v) is 4.94. The van der Waals surface area contributed by atoms with Gasteiger partial charge < -0.3 is 10.2 Å². The highest BCUT2D eigenvalue weighted by molar-refractivity contribution is 5.94. The lowest BCUT2D eigenvalue weighted by atomic mass is 9.93. The van der Waals surface area contributed by atoms with Crippen molar-refractivity contribution in [2.24, 2.45) is 0 Å². The van der Waals surface area contributed by atoms with Crippen LogP contribution in [0.4, 0.5) is 10.2 Å². The van der Waals surface area contributed by atoms with Crippen LogP contribution >= 0.6 is 0 Å². The monoisotopic (exact) mass is 560 g/mol. The third-order valence-corrected chi connectivity index (χ3v) is 6.90. The Balaban J connectivity index is 0.00000226. The molecular formula is C32H41FN6O2. The smallest absolute Gasteiger partial charge is 0.354 e. The lowest BCUT2D eigenvalue weighted by Crippen LogP contribution is -2.30. The minimum Gasteiger partial charge on any atom is -0.373 e. The van der Waals surface area contributed by atoms with Gasteiger partial charge in [-0.2, -0.15) is 4.98 Å². The minimum atomic E-state index is -0.366. The van der Waals surface area contributed by atoms with Crippen molar-refractivity contribution in [3.8, 4) is 5.69 Å². The van der Waals surface area contributed by atoms with Gasteiger partial charge in [-0.1, -0.05) is 31.6 Å². The van der Waals surface area contributed by atoms with E-state index in [2.05, 4.69) is 39.3 Å². The van der Waals surface area contributed by atoms with Crippen LogP contribution < -0.4 is 11.0 Å². The number of hydrogen-bond acceptors (Lipinski definition) is 6. The molecule has 3 aromatic rings. The van der Waals surface area contributed by atoms with Gasteiger partial charge in [-0.15, -0.1) is 0 Å². The van der Waals surface area contributed by atoms with Crippen LogP contribution in [-0.2, 0) is 0 Å². The summed E-state index contributed by atoms with van der Waals surface area (Å²) in [7, 11) is 5.04. The lowest BCUT2D eigenvalue weighted by Gasteiger charge is -2.27. The Hall–Kier alpha value is -4.11. The van der Waals surface area contributed by atoms with E-state index >= 15 is 4.39 Å². The number of rotatable bonds is 7. The highest BCUT2D eigenvalue weighted by Gasteiger charge is 2.20. The summed E-state index contributed by atoms with van der Waals surface area (Å²) in [4.78, 5) is 37.2. The third-order valence-electron chi connectivity index (χ3n) is 6.90. The van der Waals surface area contributed by atoms with Gasteiger partial charge in [-0.3, -0.25) is 19.2 Å². The molecule has 0 bridgehead atoms. The van der Waals surface area contributed by atoms with Crippen molar-refractivity contribution in [2.45, 2.75) is 41.0 Å². The first-order valence-corrected chi connectivity index (χ1v) is 13.9. The maximum atomic E-state index is 15.1. The van der Waals surface area contributed by atoms with Crippen molar-refractivity contribution < 1.29 is 9.18 Å². The van der Waals surface area contributed by atoms with Crippen molar-refractivity contribution >= 4 is 23.4 Å². The zero-order chi connectivity index (χ0) is 30.3. The summed E-state index contributed by atoms with van der Waals surface area (Å²) in [6.07, 6.45) is 8.26. The second-order valence-corrected chi connectivity index (χ2v) is 10.1. The van der Waals surface area contributed by atoms with Crippen LogP contribution in [0.1, 0.15) is 59.9 Å². The minimum absolute atomic E-state index is 0.210. The Morgan fingerprint density at radius 3 is 2.51 bits per heavy atom. The number of nitrogens with zero attached hydrogens (tertiary/aromatic N) is 5. The molecule has 1 aliphatic heterocycles. The second-order valence-electron chi connectivity index (χ2n) is 10.1. The Morgan fingerprint density at radius 2 is 1.93 bits per heavy atom. The standard InChI is InChI=1S/C30H35FN6O2.C2H6/c1-19(15-24-21(3)33-11-7-26(24)37-14-10-27(32-4)34-30(37)39)18-36-12-8-22(9-13-36)28-20(2)16-23(17-25(28)31)29(38)35(5)6;1-2/h7-8,10-11,14-17H,9,12-13,18H2,1-6H3,(H,32,34,39);1-2H3/b19-15+;. The highest BCUT2D eigenvalue weighted by atomic mass is 19.1. The fourth-order valence-electron chi connectivity index (χ4n) is 4.94. The molecule has 0 atom stereocenters. The number of halogens is 1. The summed E-state index contributed by atoms with van der Waals surface area (Å²) in [5, 5.41) is 2.89. The predicted molar refractivity (Wildman–Crippen MR) is 165 cm³/mol. The first-order valence-electron chi connectivity index (χ1n) is 13.9. The van der Waals surface area contributed by atoms with Gasteiger partial charge in [0.1, 0.15) is 11.6 Å². The van der Waals surface area contributed by atoms with E-state index in [1.165, 1.54) is 15.5 Å². The Bertz CT molecular complexity index is 1500. The third kappa shape index (κ3) is 7.35. The van der Waals surface area contributed by atoms with E-state index in [-0.39, 0.29) is 17.4 Å². The van der Waals surface area contributed by atoms with E-state index in [0.717, 1.165) is 46.7 Å². The summed E-state index contributed by atoms with van der Waals surface area (Å²) in [5.74, 6) is -0.0540. The molecule has 0 saturated carbocycles. The average Bonchev–Trinajstić information content (AvgIpc) is 2.95. The lowest BCUT2D eigenvalue weighted by molar-refractivity contribution is 0.0827. The number of benzene rings is 1. The molecule has 0 spiro atoms. The molecule has 1 aromatic carbocycles. The molecule has 8 nitrogen and oxygen atoms in total. The van der Waals surface area contributed by atoms with Gasteiger partial charge in [0.25, 0.3) is 5.91 Å². The molecule has 0 saturated heterocycles. The summed E-state index contributed by atoms with van der Waals surface area (Å²) in [5.41, 5.74) is 5.85. The van der Waals surface area contributed by atoms with E-state index in [1.54, 1.807) is 45.7 Å². The van der Waals surface area contributed by atoms with Crippen LogP contribution in [0.2, 0.25) is 0 Å². The molecule has 0 radical (unpaired) electrons. The number of pyridine rings is 1. The number of carbonyl (C=O) groups is 1. The largest absolute Gasteiger partial charge is 0.373 e. The fraction of sp³-hybridized carbons (Fsp3) is 0.375. The topological polar surface area (TPSA) is 83.4 Å². The molecule has 0 fully saturated rings. The average molecular weight is 561 g/mol. The van der Waals surface area contributed by atoms with Gasteiger partial charge in [0.15, 0.2) is 0 Å². The molecule has 4 rings (SSSR count). The maximum Gasteiger partial charge on any atom is 0.354 e. The van der Waals surface area contributed by atoms with Gasteiger partial charge in [0, 0.05) is 75.6 Å². The molecule has 1 aliphatic rings. The van der Waals surface area contributed by atoms with Crippen LogP contribution in [-0.4, -0.2) is 71.0 Å². The van der Waals surface area contributed by atoms with E-state index in [1.807, 2.05) is 33.8 Å². The number of nitrogens with one attached hydrogen (secondary N) is 1. The SMILES string of the molecule is CC.CNc1ccn(-c2ccnc(C)c2/C=C(\C)CN2CC=C(c3c(C)cc(C(=O)N(C)C)cc3F)CC2)c(=O)n1. The number of amides is 1. The molecule has 1 N–H and O–H groups in total. The Labute approximate surface area is 242 Å². The molecule has 9 heteroatoms. The van der Waals surface area contributed by atoms with Gasteiger partial charge in [-0.25, -0.2) is 9.18 Å². The number of anilines is 1. The van der Waals surface area contributed by atoms with E-state index in [4.69, 9.17) is 0 Å². The molecule has 1 amide bonds. The maximum absolute atomic E-state index is 15.1. The van der Waals surface area contributed by atoms with Crippen molar-refractivity contribution in [2.75, 3.05) is 46.1 Å². The highest BCUT2D eigenvalue weighted by Crippen LogP contribution is 2.29. The van der Waals surface area contributed by atoms with Gasteiger partial charge in [0.2, 0.25) is 0 Å².